The Morgan fingerprint density at radius 1 is 0.524 bits per heavy atom. The molecule has 3 rings (SSSR count). The van der Waals surface area contributed by atoms with Crippen LogP contribution in [-0.2, 0) is 0 Å². The molecule has 0 nitrogen and oxygen atoms in total. The van der Waals surface area contributed by atoms with Gasteiger partial charge in [0.2, 0.25) is 0 Å². The Kier molecular flexibility index (Phi) is 3.22. The average Bonchev–Trinajstić information content (AvgIpc) is 2.32. The number of benzene rings is 3. The van der Waals surface area contributed by atoms with Crippen LogP contribution in [0.4, 0.5) is 25.2 Å². The van der Waals surface area contributed by atoms with Gasteiger partial charge in [-0.25, -0.2) is 0 Å². The van der Waals surface area contributed by atoms with Crippen molar-refractivity contribution in [1.82, 2.24) is 0 Å². The van der Waals surface area contributed by atoms with Crippen LogP contribution in [0, 0.1) is 0 Å². The maximum atomic E-state index is 9.87. The quantitative estimate of drug-likeness (QED) is 0.228. The molecule has 0 fully saturated rings. The molecule has 3 aromatic rings. The summed E-state index contributed by atoms with van der Waals surface area (Å²) >= 11 is 0. The van der Waals surface area contributed by atoms with Crippen LogP contribution < -0.4 is 0 Å². The van der Waals surface area contributed by atoms with Crippen LogP contribution in [0.25, 0.3) is 21.5 Å². The summed E-state index contributed by atoms with van der Waals surface area (Å²) in [5, 5.41) is 5.25. The SMILES string of the molecule is F[P-](F)(F)(F)(F)F.[H+].c1ccc2cc3ccccc3cc2c1. The molecule has 0 aliphatic rings. The third-order valence-electron chi connectivity index (χ3n) is 2.61. The molecule has 0 bridgehead atoms. The summed E-state index contributed by atoms with van der Waals surface area (Å²) < 4.78 is 59.2. The zero-order valence-electron chi connectivity index (χ0n) is 11.5. The van der Waals surface area contributed by atoms with Crippen LogP contribution in [0.2, 0.25) is 0 Å². The van der Waals surface area contributed by atoms with Crippen molar-refractivity contribution in [1.29, 1.82) is 0 Å². The van der Waals surface area contributed by atoms with E-state index >= 15 is 0 Å². The number of fused-ring (bicyclic) bond motifs is 2. The molecule has 0 aliphatic carbocycles. The predicted octanol–water partition coefficient (Wildman–Crippen LogP) is 7.49. The first-order valence-electron chi connectivity index (χ1n) is 5.82. The monoisotopic (exact) mass is 324 g/mol. The number of hydrogen-bond acceptors (Lipinski definition) is 0. The van der Waals surface area contributed by atoms with Crippen molar-refractivity contribution in [2.45, 2.75) is 0 Å². The minimum Gasteiger partial charge on any atom is -0.0616 e. The van der Waals surface area contributed by atoms with E-state index < -0.39 is 7.81 Å². The fourth-order valence-corrected chi connectivity index (χ4v) is 1.88. The first-order valence-corrected chi connectivity index (χ1v) is 7.85. The first-order chi connectivity index (χ1) is 9.38. The van der Waals surface area contributed by atoms with Crippen LogP contribution in [-0.4, -0.2) is 0 Å². The second-order valence-electron chi connectivity index (χ2n) is 4.50. The summed E-state index contributed by atoms with van der Waals surface area (Å²) in [4.78, 5) is 0. The third kappa shape index (κ3) is 6.00. The van der Waals surface area contributed by atoms with Crippen molar-refractivity contribution in [2.75, 3.05) is 0 Å². The van der Waals surface area contributed by atoms with E-state index in [4.69, 9.17) is 0 Å². The van der Waals surface area contributed by atoms with E-state index in [1.807, 2.05) is 0 Å². The van der Waals surface area contributed by atoms with Crippen molar-refractivity contribution in [3.63, 3.8) is 0 Å². The Bertz CT molecular complexity index is 682. The van der Waals surface area contributed by atoms with Gasteiger partial charge in [-0.1, -0.05) is 48.5 Å². The van der Waals surface area contributed by atoms with Gasteiger partial charge in [0.1, 0.15) is 0 Å². The number of rotatable bonds is 0. The van der Waals surface area contributed by atoms with Gasteiger partial charge in [0, 0.05) is 0 Å². The Morgan fingerprint density at radius 2 is 0.714 bits per heavy atom. The molecule has 0 saturated carbocycles. The van der Waals surface area contributed by atoms with Gasteiger partial charge in [-0.3, -0.25) is 0 Å². The average molecular weight is 324 g/mol. The van der Waals surface area contributed by atoms with Gasteiger partial charge in [0.25, 0.3) is 0 Å². The van der Waals surface area contributed by atoms with Gasteiger partial charge in [-0.05, 0) is 33.7 Å². The van der Waals surface area contributed by atoms with Crippen molar-refractivity contribution in [3.05, 3.63) is 60.7 Å². The van der Waals surface area contributed by atoms with Crippen molar-refractivity contribution >= 4 is 29.4 Å². The summed E-state index contributed by atoms with van der Waals surface area (Å²) in [5.74, 6) is 0. The molecule has 0 radical (unpaired) electrons. The number of hydrogen-bond donors (Lipinski definition) is 0. The molecule has 0 aliphatic heterocycles. The molecular formula is C14H11F6P. The molecule has 3 aromatic carbocycles. The van der Waals surface area contributed by atoms with Crippen molar-refractivity contribution < 1.29 is 26.6 Å². The van der Waals surface area contributed by atoms with Crippen LogP contribution in [0.5, 0.6) is 0 Å². The molecule has 0 amide bonds. The van der Waals surface area contributed by atoms with E-state index in [1.165, 1.54) is 21.5 Å². The largest absolute Gasteiger partial charge is 1.00 e. The second-order valence-corrected chi connectivity index (χ2v) is 6.42. The molecule has 21 heavy (non-hydrogen) atoms. The van der Waals surface area contributed by atoms with E-state index in [9.17, 15) is 25.2 Å². The van der Waals surface area contributed by atoms with Gasteiger partial charge in [0.05, 0.1) is 0 Å². The van der Waals surface area contributed by atoms with E-state index in [1.54, 1.807) is 0 Å². The summed E-state index contributed by atoms with van der Waals surface area (Å²) in [6.07, 6.45) is 0. The topological polar surface area (TPSA) is 0 Å². The normalized spacial score (nSPS) is 15.0. The second kappa shape index (κ2) is 4.34. The van der Waals surface area contributed by atoms with E-state index in [0.29, 0.717) is 0 Å². The molecule has 114 valence electrons. The fraction of sp³-hybridized carbons (Fsp3) is 0. The van der Waals surface area contributed by atoms with E-state index in [0.717, 1.165) is 0 Å². The molecule has 0 N–H and O–H groups in total. The van der Waals surface area contributed by atoms with Crippen LogP contribution in [0.3, 0.4) is 0 Å². The predicted molar refractivity (Wildman–Crippen MR) is 76.1 cm³/mol. The van der Waals surface area contributed by atoms with Gasteiger partial charge in [-0.2, -0.15) is 0 Å². The minimum absolute atomic E-state index is 0. The van der Waals surface area contributed by atoms with Crippen molar-refractivity contribution in [3.8, 4) is 0 Å². The maximum absolute atomic E-state index is 10.7. The molecule has 0 unspecified atom stereocenters. The smallest absolute Gasteiger partial charge is 0.0616 e. The van der Waals surface area contributed by atoms with Gasteiger partial charge >= 0.3 is 34.4 Å². The fourth-order valence-electron chi connectivity index (χ4n) is 1.88. The zero-order valence-corrected chi connectivity index (χ0v) is 11.4. The summed E-state index contributed by atoms with van der Waals surface area (Å²) in [6, 6.07) is 21.4. The number of halogens is 6. The van der Waals surface area contributed by atoms with Crippen LogP contribution >= 0.6 is 7.81 Å². The van der Waals surface area contributed by atoms with Gasteiger partial charge in [-0.15, -0.1) is 0 Å². The Labute approximate surface area is 117 Å². The molecule has 0 saturated heterocycles. The van der Waals surface area contributed by atoms with Gasteiger partial charge in [0.15, 0.2) is 0 Å². The van der Waals surface area contributed by atoms with E-state index in [-0.39, 0.29) is 1.43 Å². The standard InChI is InChI=1S/C14H10.F6P/c1-2-6-12-10-14-8-4-3-7-13(14)9-11(12)5-1;1-7(2,3,4,5)6/h1-10H;/q;-1/p+1. The summed E-state index contributed by atoms with van der Waals surface area (Å²) in [7, 11) is -10.7. The van der Waals surface area contributed by atoms with Crippen LogP contribution in [0.1, 0.15) is 1.43 Å². The van der Waals surface area contributed by atoms with Crippen molar-refractivity contribution in [2.24, 2.45) is 0 Å². The maximum Gasteiger partial charge on any atom is 1.00 e. The molecule has 7 heteroatoms. The Morgan fingerprint density at radius 3 is 0.905 bits per heavy atom. The molecule has 0 aromatic heterocycles. The van der Waals surface area contributed by atoms with Gasteiger partial charge < -0.3 is 0 Å². The van der Waals surface area contributed by atoms with Crippen LogP contribution in [0.15, 0.2) is 60.7 Å². The molecular weight excluding hydrogens is 313 g/mol. The first kappa shape index (κ1) is 15.6. The third-order valence-corrected chi connectivity index (χ3v) is 2.61. The molecule has 0 spiro atoms. The summed E-state index contributed by atoms with van der Waals surface area (Å²) in [5.41, 5.74) is 0. The Balaban J connectivity index is 0.000000264. The Hall–Kier alpha value is -1.81. The minimum atomic E-state index is -10.7. The zero-order chi connectivity index (χ0) is 15.8. The summed E-state index contributed by atoms with van der Waals surface area (Å²) in [6.45, 7) is 0. The molecule has 0 heterocycles. The van der Waals surface area contributed by atoms with E-state index in [2.05, 4.69) is 60.7 Å². The molecule has 0 atom stereocenters.